The van der Waals surface area contributed by atoms with Gasteiger partial charge in [0.25, 0.3) is 5.91 Å². The lowest BCUT2D eigenvalue weighted by Crippen LogP contribution is -2.52. The Labute approximate surface area is 318 Å². The van der Waals surface area contributed by atoms with Gasteiger partial charge in [0.2, 0.25) is 0 Å². The first-order chi connectivity index (χ1) is 24.1. The van der Waals surface area contributed by atoms with Crippen molar-refractivity contribution in [3.8, 4) is 0 Å². The molecule has 0 aromatic heterocycles. The van der Waals surface area contributed by atoms with E-state index in [-0.39, 0.29) is 23.0 Å². The zero-order valence-electron chi connectivity index (χ0n) is 35.1. The van der Waals surface area contributed by atoms with Gasteiger partial charge in [-0.25, -0.2) is 4.79 Å². The van der Waals surface area contributed by atoms with Crippen LogP contribution in [0.2, 0.25) is 36.3 Å². The summed E-state index contributed by atoms with van der Waals surface area (Å²) in [6, 6.07) is 20.8. The molecule has 6 atom stereocenters. The van der Waals surface area contributed by atoms with Crippen molar-refractivity contribution in [1.29, 1.82) is 0 Å². The molecule has 0 heterocycles. The highest BCUT2D eigenvalue weighted by atomic mass is 28.4. The van der Waals surface area contributed by atoms with Gasteiger partial charge in [-0.3, -0.25) is 4.79 Å². The molecule has 1 amide bonds. The number of carbonyl (C=O) groups is 2. The largest absolute Gasteiger partial charge is 0.456 e. The van der Waals surface area contributed by atoms with E-state index < -0.39 is 52.4 Å². The van der Waals surface area contributed by atoms with Gasteiger partial charge in [0.1, 0.15) is 6.10 Å². The van der Waals surface area contributed by atoms with Crippen LogP contribution in [0.5, 0.6) is 0 Å². The second-order valence-corrected chi connectivity index (χ2v) is 26.3. The maximum Gasteiger partial charge on any atom is 0.337 e. The summed E-state index contributed by atoms with van der Waals surface area (Å²) in [5.74, 6) is -1.06. The number of aliphatic hydroxyl groups excluding tert-OH is 1. The van der Waals surface area contributed by atoms with Gasteiger partial charge in [0.15, 0.2) is 22.7 Å². The van der Waals surface area contributed by atoms with Crippen LogP contribution in [0.15, 0.2) is 71.8 Å². The third kappa shape index (κ3) is 11.2. The number of amides is 1. The standard InChI is InChI=1S/C43H71NO6Si2/c1-16-36(49-52(17-2,18-3)19-4)43(12,13)39(45)32(7)30(5)31(6)33(8)48-41(47)38(50-51(14,15)42(9,10)11)37(34-26-22-20-23-27-34)44-40(46)35-28-24-21-25-29-35/h20-29,32-33,36-39,45H,16-19H2,1-15H3,(H,44,46)/b31-30+/t32-,33-,36?,37-,38+,39-/m0/s1. The molecule has 2 rings (SSSR count). The monoisotopic (exact) mass is 753 g/mol. The molecule has 0 bridgehead atoms. The normalized spacial score (nSPS) is 16.9. The summed E-state index contributed by atoms with van der Waals surface area (Å²) in [4.78, 5) is 28.1. The molecule has 0 radical (unpaired) electrons. The fourth-order valence-corrected chi connectivity index (χ4v) is 11.0. The summed E-state index contributed by atoms with van der Waals surface area (Å²) in [6.45, 7) is 31.5. The average Bonchev–Trinajstić information content (AvgIpc) is 3.12. The van der Waals surface area contributed by atoms with Crippen molar-refractivity contribution >= 4 is 28.5 Å². The zero-order valence-corrected chi connectivity index (χ0v) is 37.1. The van der Waals surface area contributed by atoms with Gasteiger partial charge in [0, 0.05) is 16.9 Å². The van der Waals surface area contributed by atoms with Crippen LogP contribution in [0, 0.1) is 11.3 Å². The molecule has 0 fully saturated rings. The molecule has 9 heteroatoms. The number of aliphatic hydroxyl groups is 1. The predicted molar refractivity (Wildman–Crippen MR) is 220 cm³/mol. The van der Waals surface area contributed by atoms with Gasteiger partial charge in [0.05, 0.1) is 18.2 Å². The van der Waals surface area contributed by atoms with Crippen molar-refractivity contribution in [3.05, 3.63) is 82.9 Å². The highest BCUT2D eigenvalue weighted by molar-refractivity contribution is 6.74. The summed E-state index contributed by atoms with van der Waals surface area (Å²) < 4.78 is 20.1. The van der Waals surface area contributed by atoms with Crippen LogP contribution in [0.1, 0.15) is 118 Å². The summed E-state index contributed by atoms with van der Waals surface area (Å²) in [5, 5.41) is 14.9. The topological polar surface area (TPSA) is 94.1 Å². The molecule has 2 N–H and O–H groups in total. The van der Waals surface area contributed by atoms with E-state index in [1.165, 1.54) is 0 Å². The molecule has 0 spiro atoms. The first-order valence-electron chi connectivity index (χ1n) is 19.4. The Balaban J connectivity index is 2.50. The fourth-order valence-electron chi connectivity index (χ4n) is 6.70. The lowest BCUT2D eigenvalue weighted by Gasteiger charge is -2.45. The number of esters is 1. The summed E-state index contributed by atoms with van der Waals surface area (Å²) in [6.07, 6.45) is -1.64. The molecule has 0 saturated carbocycles. The molecule has 1 unspecified atom stereocenters. The molecule has 0 aliphatic heterocycles. The number of ether oxygens (including phenoxy) is 1. The number of carbonyl (C=O) groups excluding carboxylic acids is 2. The Kier molecular flexibility index (Phi) is 16.8. The molecule has 7 nitrogen and oxygen atoms in total. The Bertz CT molecular complexity index is 1440. The molecule has 52 heavy (non-hydrogen) atoms. The fraction of sp³-hybridized carbons (Fsp3) is 0.628. The van der Waals surface area contributed by atoms with Crippen LogP contribution in [-0.2, 0) is 18.4 Å². The minimum absolute atomic E-state index is 0.0749. The molecule has 2 aromatic carbocycles. The molecular formula is C43H71NO6Si2. The number of hydrogen-bond donors (Lipinski definition) is 2. The van der Waals surface area contributed by atoms with Crippen LogP contribution >= 0.6 is 0 Å². The summed E-state index contributed by atoms with van der Waals surface area (Å²) in [5.41, 5.74) is 2.58. The first-order valence-corrected chi connectivity index (χ1v) is 24.9. The van der Waals surface area contributed by atoms with E-state index in [9.17, 15) is 14.7 Å². The van der Waals surface area contributed by atoms with Crippen molar-refractivity contribution in [2.75, 3.05) is 0 Å². The van der Waals surface area contributed by atoms with E-state index >= 15 is 0 Å². The molecule has 0 saturated heterocycles. The van der Waals surface area contributed by atoms with E-state index in [4.69, 9.17) is 13.6 Å². The quantitative estimate of drug-likeness (QED) is 0.0843. The van der Waals surface area contributed by atoms with Crippen LogP contribution in [0.4, 0.5) is 0 Å². The Morgan fingerprint density at radius 3 is 1.75 bits per heavy atom. The van der Waals surface area contributed by atoms with Crippen LogP contribution in [0.25, 0.3) is 0 Å². The first kappa shape index (κ1) is 45.6. The smallest absolute Gasteiger partial charge is 0.337 e. The van der Waals surface area contributed by atoms with Crippen LogP contribution in [0.3, 0.4) is 0 Å². The molecule has 0 aliphatic rings. The van der Waals surface area contributed by atoms with Gasteiger partial charge in [-0.05, 0) is 86.7 Å². The lowest BCUT2D eigenvalue weighted by molar-refractivity contribution is -0.157. The summed E-state index contributed by atoms with van der Waals surface area (Å²) >= 11 is 0. The Morgan fingerprint density at radius 2 is 1.29 bits per heavy atom. The zero-order chi connectivity index (χ0) is 39.7. The molecule has 2 aromatic rings. The number of rotatable bonds is 19. The number of nitrogens with one attached hydrogen (secondary N) is 1. The van der Waals surface area contributed by atoms with E-state index in [2.05, 4.69) is 80.7 Å². The highest BCUT2D eigenvalue weighted by Crippen LogP contribution is 2.41. The third-order valence-corrected chi connectivity index (χ3v) is 21.3. The van der Waals surface area contributed by atoms with E-state index in [0.717, 1.165) is 41.3 Å². The van der Waals surface area contributed by atoms with Crippen molar-refractivity contribution in [1.82, 2.24) is 5.32 Å². The van der Waals surface area contributed by atoms with E-state index in [1.807, 2.05) is 76.2 Å². The van der Waals surface area contributed by atoms with E-state index in [0.29, 0.717) is 5.56 Å². The van der Waals surface area contributed by atoms with Crippen molar-refractivity contribution in [2.24, 2.45) is 11.3 Å². The number of hydrogen-bond acceptors (Lipinski definition) is 6. The molecule has 292 valence electrons. The second-order valence-electron chi connectivity index (χ2n) is 16.8. The third-order valence-electron chi connectivity index (χ3n) is 12.2. The van der Waals surface area contributed by atoms with Gasteiger partial charge in [-0.15, -0.1) is 0 Å². The minimum atomic E-state index is -2.56. The Hall–Kier alpha value is -2.57. The van der Waals surface area contributed by atoms with E-state index in [1.54, 1.807) is 12.1 Å². The molecular weight excluding hydrogens is 683 g/mol. The van der Waals surface area contributed by atoms with Crippen molar-refractivity contribution in [3.63, 3.8) is 0 Å². The molecule has 0 aliphatic carbocycles. The number of benzene rings is 2. The van der Waals surface area contributed by atoms with Gasteiger partial charge >= 0.3 is 5.97 Å². The summed E-state index contributed by atoms with van der Waals surface area (Å²) in [7, 11) is -4.45. The minimum Gasteiger partial charge on any atom is -0.456 e. The maximum atomic E-state index is 14.5. The SMILES string of the molecule is CCC(O[Si](CC)(CC)CC)C(C)(C)[C@@H](O)[C@@H](C)/C(C)=C(\C)[C@H](C)OC(=O)[C@H](O[Si](C)(C)C(C)(C)C)[C@@H](NC(=O)c1ccccc1)c1ccccc1. The average molecular weight is 754 g/mol. The van der Waals surface area contributed by atoms with Gasteiger partial charge in [-0.1, -0.05) is 123 Å². The van der Waals surface area contributed by atoms with Crippen LogP contribution in [-0.4, -0.2) is 58.0 Å². The second kappa shape index (κ2) is 19.2. The maximum absolute atomic E-state index is 14.5. The van der Waals surface area contributed by atoms with Crippen molar-refractivity contribution in [2.45, 2.75) is 163 Å². The van der Waals surface area contributed by atoms with Crippen LogP contribution < -0.4 is 5.32 Å². The highest BCUT2D eigenvalue weighted by Gasteiger charge is 2.46. The van der Waals surface area contributed by atoms with Crippen molar-refractivity contribution < 1.29 is 28.3 Å². The lowest BCUT2D eigenvalue weighted by atomic mass is 9.72. The van der Waals surface area contributed by atoms with Gasteiger partial charge < -0.3 is 24.0 Å². The Morgan fingerprint density at radius 1 is 0.788 bits per heavy atom. The predicted octanol–water partition coefficient (Wildman–Crippen LogP) is 10.6. The van der Waals surface area contributed by atoms with Gasteiger partial charge in [-0.2, -0.15) is 0 Å².